The molecule has 110 valence electrons. The van der Waals surface area contributed by atoms with E-state index in [4.69, 9.17) is 0 Å². The summed E-state index contributed by atoms with van der Waals surface area (Å²) in [5, 5.41) is 8.14. The Balaban J connectivity index is 0.00000180. The molecular formula is C11H15Cl2N5OS. The topological polar surface area (TPSA) is 79.8 Å². The number of hydrogen-bond acceptors (Lipinski definition) is 6. The lowest BCUT2D eigenvalue weighted by Gasteiger charge is -2.01. The molecule has 0 aliphatic heterocycles. The van der Waals surface area contributed by atoms with E-state index in [0.717, 1.165) is 6.54 Å². The van der Waals surface area contributed by atoms with Crippen LogP contribution < -0.4 is 10.6 Å². The van der Waals surface area contributed by atoms with Crippen molar-refractivity contribution in [1.29, 1.82) is 0 Å². The van der Waals surface area contributed by atoms with E-state index in [0.29, 0.717) is 22.9 Å². The number of hydrogen-bond donors (Lipinski definition) is 2. The zero-order valence-corrected chi connectivity index (χ0v) is 13.1. The summed E-state index contributed by atoms with van der Waals surface area (Å²) in [4.78, 5) is 24.1. The second-order valence-electron chi connectivity index (χ2n) is 3.49. The van der Waals surface area contributed by atoms with Crippen molar-refractivity contribution in [2.75, 3.05) is 20.1 Å². The van der Waals surface area contributed by atoms with Crippen LogP contribution in [0.4, 0.5) is 0 Å². The number of thiazole rings is 1. The van der Waals surface area contributed by atoms with Gasteiger partial charge >= 0.3 is 0 Å². The summed E-state index contributed by atoms with van der Waals surface area (Å²) in [5.74, 6) is -0.170. The fourth-order valence-electron chi connectivity index (χ4n) is 1.30. The number of likely N-dealkylation sites (N-methyl/N-ethyl adjacent to an activating group) is 1. The summed E-state index contributed by atoms with van der Waals surface area (Å²) in [6, 6.07) is 0. The van der Waals surface area contributed by atoms with E-state index in [1.807, 2.05) is 7.05 Å². The van der Waals surface area contributed by atoms with E-state index in [-0.39, 0.29) is 30.7 Å². The Morgan fingerprint density at radius 1 is 1.30 bits per heavy atom. The van der Waals surface area contributed by atoms with Crippen molar-refractivity contribution < 1.29 is 4.79 Å². The first-order valence-corrected chi connectivity index (χ1v) is 6.34. The molecule has 0 saturated carbocycles. The van der Waals surface area contributed by atoms with Gasteiger partial charge in [0.25, 0.3) is 5.91 Å². The Hall–Kier alpha value is -1.28. The van der Waals surface area contributed by atoms with E-state index >= 15 is 0 Å². The summed E-state index contributed by atoms with van der Waals surface area (Å²) in [5.41, 5.74) is 1.09. The number of amides is 1. The zero-order chi connectivity index (χ0) is 12.8. The predicted octanol–water partition coefficient (Wildman–Crippen LogP) is 1.39. The molecule has 0 fully saturated rings. The summed E-state index contributed by atoms with van der Waals surface area (Å²) >= 11 is 1.38. The molecule has 0 saturated heterocycles. The number of halogens is 2. The van der Waals surface area contributed by atoms with Crippen LogP contribution in [0, 0.1) is 0 Å². The molecule has 2 heterocycles. The van der Waals surface area contributed by atoms with E-state index < -0.39 is 0 Å². The Morgan fingerprint density at radius 2 is 2.10 bits per heavy atom. The number of nitrogens with one attached hydrogen (secondary N) is 2. The van der Waals surface area contributed by atoms with Gasteiger partial charge in [0.2, 0.25) is 0 Å². The first kappa shape index (κ1) is 18.7. The summed E-state index contributed by atoms with van der Waals surface area (Å²) in [6.45, 7) is 1.31. The molecule has 1 amide bonds. The highest BCUT2D eigenvalue weighted by Gasteiger charge is 2.11. The fourth-order valence-corrected chi connectivity index (χ4v) is 2.06. The van der Waals surface area contributed by atoms with Gasteiger partial charge in [-0.2, -0.15) is 0 Å². The van der Waals surface area contributed by atoms with Gasteiger partial charge in [0, 0.05) is 30.9 Å². The maximum absolute atomic E-state index is 11.7. The lowest BCUT2D eigenvalue weighted by atomic mass is 10.4. The quantitative estimate of drug-likeness (QED) is 0.807. The van der Waals surface area contributed by atoms with Crippen molar-refractivity contribution in [3.63, 3.8) is 0 Å². The average molecular weight is 336 g/mol. The number of carbonyl (C=O) groups is 1. The van der Waals surface area contributed by atoms with Crippen LogP contribution in [-0.2, 0) is 0 Å². The molecule has 2 aromatic heterocycles. The van der Waals surface area contributed by atoms with E-state index in [1.54, 1.807) is 24.0 Å². The first-order chi connectivity index (χ1) is 8.81. The van der Waals surface area contributed by atoms with Crippen molar-refractivity contribution in [1.82, 2.24) is 25.6 Å². The van der Waals surface area contributed by atoms with E-state index in [9.17, 15) is 4.79 Å². The number of rotatable bonds is 5. The van der Waals surface area contributed by atoms with Gasteiger partial charge in [0.15, 0.2) is 0 Å². The molecule has 0 spiro atoms. The Morgan fingerprint density at radius 3 is 2.75 bits per heavy atom. The van der Waals surface area contributed by atoms with Crippen LogP contribution >= 0.6 is 36.2 Å². The van der Waals surface area contributed by atoms with Crippen LogP contribution in [-0.4, -0.2) is 41.0 Å². The minimum absolute atomic E-state index is 0. The molecular weight excluding hydrogens is 321 g/mol. The third-order valence-corrected chi connectivity index (χ3v) is 3.04. The van der Waals surface area contributed by atoms with Crippen molar-refractivity contribution in [2.45, 2.75) is 0 Å². The molecule has 0 unspecified atom stereocenters. The largest absolute Gasteiger partial charge is 0.349 e. The molecule has 0 radical (unpaired) electrons. The van der Waals surface area contributed by atoms with Gasteiger partial charge in [-0.25, -0.2) is 4.98 Å². The number of aromatic nitrogens is 3. The molecule has 2 rings (SSSR count). The molecule has 0 aromatic carbocycles. The molecule has 0 bridgehead atoms. The normalized spacial score (nSPS) is 9.25. The Bertz CT molecular complexity index is 523. The lowest BCUT2D eigenvalue weighted by Crippen LogP contribution is -2.30. The molecule has 0 aliphatic carbocycles. The average Bonchev–Trinajstić information content (AvgIpc) is 2.89. The highest BCUT2D eigenvalue weighted by molar-refractivity contribution is 7.13. The van der Waals surface area contributed by atoms with Crippen LogP contribution in [0.1, 0.15) is 10.5 Å². The maximum atomic E-state index is 11.7. The molecule has 0 aliphatic rings. The van der Waals surface area contributed by atoms with Crippen LogP contribution in [0.25, 0.3) is 10.7 Å². The maximum Gasteiger partial charge on any atom is 0.270 e. The predicted molar refractivity (Wildman–Crippen MR) is 83.9 cm³/mol. The minimum Gasteiger partial charge on any atom is -0.349 e. The summed E-state index contributed by atoms with van der Waals surface area (Å²) in [6.07, 6.45) is 4.83. The van der Waals surface area contributed by atoms with Gasteiger partial charge in [-0.3, -0.25) is 14.8 Å². The molecule has 9 heteroatoms. The third kappa shape index (κ3) is 5.01. The highest BCUT2D eigenvalue weighted by Crippen LogP contribution is 2.20. The minimum atomic E-state index is -0.170. The second kappa shape index (κ2) is 9.60. The summed E-state index contributed by atoms with van der Waals surface area (Å²) in [7, 11) is 1.83. The van der Waals surface area contributed by atoms with Gasteiger partial charge in [0.05, 0.1) is 6.20 Å². The van der Waals surface area contributed by atoms with E-state index in [1.165, 1.54) is 11.3 Å². The summed E-state index contributed by atoms with van der Waals surface area (Å²) < 4.78 is 0. The van der Waals surface area contributed by atoms with Crippen LogP contribution in [0.5, 0.6) is 0 Å². The SMILES string of the molecule is CNCCNC(=O)c1csc(-c2cnccn2)n1.Cl.Cl. The van der Waals surface area contributed by atoms with Gasteiger partial charge in [-0.15, -0.1) is 36.2 Å². The highest BCUT2D eigenvalue weighted by atomic mass is 35.5. The van der Waals surface area contributed by atoms with Gasteiger partial charge in [-0.05, 0) is 7.05 Å². The zero-order valence-electron chi connectivity index (χ0n) is 10.7. The molecule has 0 atom stereocenters. The molecule has 2 N–H and O–H groups in total. The fraction of sp³-hybridized carbons (Fsp3) is 0.273. The van der Waals surface area contributed by atoms with E-state index in [2.05, 4.69) is 25.6 Å². The second-order valence-corrected chi connectivity index (χ2v) is 4.35. The van der Waals surface area contributed by atoms with Crippen molar-refractivity contribution in [3.8, 4) is 10.7 Å². The number of carbonyl (C=O) groups excluding carboxylic acids is 1. The van der Waals surface area contributed by atoms with Crippen molar-refractivity contribution in [2.24, 2.45) is 0 Å². The van der Waals surface area contributed by atoms with Crippen LogP contribution in [0.2, 0.25) is 0 Å². The van der Waals surface area contributed by atoms with Gasteiger partial charge in [0.1, 0.15) is 16.4 Å². The number of nitrogens with zero attached hydrogens (tertiary/aromatic N) is 3. The van der Waals surface area contributed by atoms with Crippen molar-refractivity contribution >= 4 is 42.1 Å². The monoisotopic (exact) mass is 335 g/mol. The standard InChI is InChI=1S/C11H13N5OS.2ClH/c1-12-2-4-15-10(17)9-7-18-11(16-9)8-6-13-3-5-14-8;;/h3,5-7,12H,2,4H2,1H3,(H,15,17);2*1H. The molecule has 2 aromatic rings. The lowest BCUT2D eigenvalue weighted by molar-refractivity contribution is 0.0950. The third-order valence-electron chi connectivity index (χ3n) is 2.18. The van der Waals surface area contributed by atoms with Crippen LogP contribution in [0.15, 0.2) is 24.0 Å². The van der Waals surface area contributed by atoms with Gasteiger partial charge in [-0.1, -0.05) is 0 Å². The molecule has 6 nitrogen and oxygen atoms in total. The smallest absolute Gasteiger partial charge is 0.270 e. The Kier molecular flexibility index (Phi) is 8.98. The van der Waals surface area contributed by atoms with Gasteiger partial charge < -0.3 is 10.6 Å². The van der Waals surface area contributed by atoms with Crippen molar-refractivity contribution in [3.05, 3.63) is 29.7 Å². The first-order valence-electron chi connectivity index (χ1n) is 5.46. The van der Waals surface area contributed by atoms with Crippen LogP contribution in [0.3, 0.4) is 0 Å². The molecule has 20 heavy (non-hydrogen) atoms. The Labute approximate surface area is 133 Å².